The molecule has 1 N–H and O–H groups in total. The van der Waals surface area contributed by atoms with E-state index in [9.17, 15) is 14.7 Å². The molecule has 0 saturated heterocycles. The number of rotatable bonds is 5. The van der Waals surface area contributed by atoms with Crippen molar-refractivity contribution >= 4 is 11.0 Å². The van der Waals surface area contributed by atoms with Crippen LogP contribution in [0.4, 0.5) is 0 Å². The van der Waals surface area contributed by atoms with Gasteiger partial charge >= 0.3 is 5.63 Å². The van der Waals surface area contributed by atoms with E-state index in [0.29, 0.717) is 41.1 Å². The van der Waals surface area contributed by atoms with Gasteiger partial charge in [0.05, 0.1) is 14.2 Å². The molecule has 130 valence electrons. The lowest BCUT2D eigenvalue weighted by molar-refractivity contribution is 0.355. The van der Waals surface area contributed by atoms with Gasteiger partial charge in [0.2, 0.25) is 5.43 Å². The van der Waals surface area contributed by atoms with Gasteiger partial charge in [0.25, 0.3) is 0 Å². The van der Waals surface area contributed by atoms with Gasteiger partial charge in [-0.25, -0.2) is 4.79 Å². The van der Waals surface area contributed by atoms with Crippen LogP contribution in [0.25, 0.3) is 11.0 Å². The van der Waals surface area contributed by atoms with E-state index < -0.39 is 16.8 Å². The van der Waals surface area contributed by atoms with Crippen LogP contribution in [0.3, 0.4) is 0 Å². The van der Waals surface area contributed by atoms with Crippen molar-refractivity contribution in [3.63, 3.8) is 0 Å². The normalized spacial score (nSPS) is 10.8. The standard InChI is InChI=1S/C18H16O7/c1-22-16-7-12-10(3-4-11-6-13(19)14(20)9-24-11)5-18(21)25-15(12)8-17(16)23-2/h5-9,20H,3-4H2,1-2H3. The molecule has 3 aromatic rings. The van der Waals surface area contributed by atoms with E-state index in [1.807, 2.05) is 0 Å². The first-order chi connectivity index (χ1) is 12.0. The molecule has 0 unspecified atom stereocenters. The molecule has 0 aliphatic carbocycles. The first-order valence-corrected chi connectivity index (χ1v) is 7.51. The number of hydrogen-bond acceptors (Lipinski definition) is 7. The van der Waals surface area contributed by atoms with Gasteiger partial charge in [-0.2, -0.15) is 0 Å². The van der Waals surface area contributed by atoms with E-state index in [1.165, 1.54) is 26.4 Å². The van der Waals surface area contributed by atoms with Crippen LogP contribution in [0.2, 0.25) is 0 Å². The summed E-state index contributed by atoms with van der Waals surface area (Å²) in [6, 6.07) is 5.96. The second-order valence-electron chi connectivity index (χ2n) is 5.39. The Morgan fingerprint density at radius 3 is 2.40 bits per heavy atom. The maximum absolute atomic E-state index is 11.8. The molecule has 0 aliphatic heterocycles. The van der Waals surface area contributed by atoms with Crippen LogP contribution in [0.5, 0.6) is 17.2 Å². The van der Waals surface area contributed by atoms with Crippen LogP contribution in [0.15, 0.2) is 49.0 Å². The number of hydrogen-bond donors (Lipinski definition) is 1. The highest BCUT2D eigenvalue weighted by Gasteiger charge is 2.13. The lowest BCUT2D eigenvalue weighted by Gasteiger charge is -2.11. The molecule has 0 fully saturated rings. The molecular weight excluding hydrogens is 328 g/mol. The highest BCUT2D eigenvalue weighted by molar-refractivity contribution is 5.84. The molecule has 0 amide bonds. The summed E-state index contributed by atoms with van der Waals surface area (Å²) in [5.74, 6) is 0.942. The van der Waals surface area contributed by atoms with Crippen LogP contribution in [0.1, 0.15) is 11.3 Å². The second kappa shape index (κ2) is 6.72. The predicted molar refractivity (Wildman–Crippen MR) is 89.6 cm³/mol. The maximum atomic E-state index is 11.8. The van der Waals surface area contributed by atoms with Gasteiger partial charge in [-0.15, -0.1) is 0 Å². The van der Waals surface area contributed by atoms with Gasteiger partial charge in [-0.1, -0.05) is 0 Å². The van der Waals surface area contributed by atoms with Gasteiger partial charge < -0.3 is 23.4 Å². The molecule has 0 aliphatic rings. The molecule has 7 nitrogen and oxygen atoms in total. The largest absolute Gasteiger partial charge is 0.502 e. The maximum Gasteiger partial charge on any atom is 0.336 e. The van der Waals surface area contributed by atoms with Crippen molar-refractivity contribution in [1.82, 2.24) is 0 Å². The molecule has 0 spiro atoms. The molecule has 0 radical (unpaired) electrons. The van der Waals surface area contributed by atoms with Crippen LogP contribution in [-0.2, 0) is 12.8 Å². The molecule has 2 heterocycles. The number of methoxy groups -OCH3 is 2. The quantitative estimate of drug-likeness (QED) is 0.709. The molecule has 1 aromatic carbocycles. The average molecular weight is 344 g/mol. The summed E-state index contributed by atoms with van der Waals surface area (Å²) in [6.07, 6.45) is 1.82. The summed E-state index contributed by atoms with van der Waals surface area (Å²) in [4.78, 5) is 23.3. The molecule has 25 heavy (non-hydrogen) atoms. The van der Waals surface area contributed by atoms with Gasteiger partial charge in [0.1, 0.15) is 17.6 Å². The Morgan fingerprint density at radius 1 is 1.00 bits per heavy atom. The van der Waals surface area contributed by atoms with Crippen molar-refractivity contribution in [2.45, 2.75) is 12.8 Å². The first-order valence-electron chi connectivity index (χ1n) is 7.51. The highest BCUT2D eigenvalue weighted by atomic mass is 16.5. The first kappa shape index (κ1) is 16.6. The fraction of sp³-hybridized carbons (Fsp3) is 0.222. The smallest absolute Gasteiger partial charge is 0.336 e. The Morgan fingerprint density at radius 2 is 1.72 bits per heavy atom. The van der Waals surface area contributed by atoms with E-state index >= 15 is 0 Å². The zero-order valence-corrected chi connectivity index (χ0v) is 13.7. The van der Waals surface area contributed by atoms with Crippen molar-refractivity contribution in [3.8, 4) is 17.2 Å². The SMILES string of the molecule is COc1cc2oc(=O)cc(CCc3cc(=O)c(O)co3)c2cc1OC. The zero-order valence-electron chi connectivity index (χ0n) is 13.7. The van der Waals surface area contributed by atoms with Gasteiger partial charge in [-0.05, 0) is 18.1 Å². The fourth-order valence-electron chi connectivity index (χ4n) is 2.59. The van der Waals surface area contributed by atoms with Crippen molar-refractivity contribution in [2.24, 2.45) is 0 Å². The monoisotopic (exact) mass is 344 g/mol. The number of ether oxygens (including phenoxy) is 2. The van der Waals surface area contributed by atoms with E-state index in [4.69, 9.17) is 18.3 Å². The minimum absolute atomic E-state index is 0.377. The van der Waals surface area contributed by atoms with Crippen LogP contribution in [0, 0.1) is 0 Å². The number of fused-ring (bicyclic) bond motifs is 1. The minimum atomic E-state index is -0.509. The van der Waals surface area contributed by atoms with E-state index in [0.717, 1.165) is 11.8 Å². The van der Waals surface area contributed by atoms with Gasteiger partial charge in [-0.3, -0.25) is 4.79 Å². The molecule has 0 bridgehead atoms. The van der Waals surface area contributed by atoms with Crippen LogP contribution >= 0.6 is 0 Å². The average Bonchev–Trinajstić information content (AvgIpc) is 2.61. The fourth-order valence-corrected chi connectivity index (χ4v) is 2.59. The topological polar surface area (TPSA) is 99.1 Å². The summed E-state index contributed by atoms with van der Waals surface area (Å²) in [5, 5.41) is 9.93. The summed E-state index contributed by atoms with van der Waals surface area (Å²) in [7, 11) is 3.02. The minimum Gasteiger partial charge on any atom is -0.502 e. The molecule has 0 atom stereocenters. The van der Waals surface area contributed by atoms with E-state index in [2.05, 4.69) is 0 Å². The Labute approximate surface area is 142 Å². The van der Waals surface area contributed by atoms with Crippen molar-refractivity contribution in [2.75, 3.05) is 14.2 Å². The summed E-state index contributed by atoms with van der Waals surface area (Å²) in [5.41, 5.74) is 0.113. The van der Waals surface area contributed by atoms with Crippen molar-refractivity contribution in [3.05, 3.63) is 62.5 Å². The molecule has 0 saturated carbocycles. The van der Waals surface area contributed by atoms with E-state index in [-0.39, 0.29) is 0 Å². The summed E-state index contributed by atoms with van der Waals surface area (Å²) < 4.78 is 20.9. The Bertz CT molecular complexity index is 1030. The van der Waals surface area contributed by atoms with Crippen molar-refractivity contribution in [1.29, 1.82) is 0 Å². The number of aromatic hydroxyl groups is 1. The summed E-state index contributed by atoms with van der Waals surface area (Å²) in [6.45, 7) is 0. The van der Waals surface area contributed by atoms with Gasteiger partial charge in [0, 0.05) is 30.0 Å². The Kier molecular flexibility index (Phi) is 4.47. The molecule has 7 heteroatoms. The van der Waals surface area contributed by atoms with Crippen LogP contribution < -0.4 is 20.5 Å². The summed E-state index contributed by atoms with van der Waals surface area (Å²) >= 11 is 0. The molecule has 3 rings (SSSR count). The molecular formula is C18H16O7. The predicted octanol–water partition coefficient (Wildman–Crippen LogP) is 2.25. The number of aryl methyl sites for hydroxylation is 2. The third-order valence-corrected chi connectivity index (χ3v) is 3.84. The lowest BCUT2D eigenvalue weighted by atomic mass is 10.0. The lowest BCUT2D eigenvalue weighted by Crippen LogP contribution is -2.05. The zero-order chi connectivity index (χ0) is 18.0. The molecule has 2 aromatic heterocycles. The second-order valence-corrected chi connectivity index (χ2v) is 5.39. The van der Waals surface area contributed by atoms with Crippen molar-refractivity contribution < 1.29 is 23.4 Å². The Hall–Kier alpha value is -3.22. The highest BCUT2D eigenvalue weighted by Crippen LogP contribution is 2.33. The number of benzene rings is 1. The third kappa shape index (κ3) is 3.35. The Balaban J connectivity index is 2.01. The van der Waals surface area contributed by atoms with Crippen LogP contribution in [-0.4, -0.2) is 19.3 Å². The van der Waals surface area contributed by atoms with Gasteiger partial charge in [0.15, 0.2) is 17.2 Å². The third-order valence-electron chi connectivity index (χ3n) is 3.84. The van der Waals surface area contributed by atoms with E-state index in [1.54, 1.807) is 12.1 Å².